The lowest BCUT2D eigenvalue weighted by atomic mass is 10.1. The molecule has 0 atom stereocenters. The van der Waals surface area contributed by atoms with E-state index in [0.717, 1.165) is 21.6 Å². The zero-order valence-electron chi connectivity index (χ0n) is 9.97. The van der Waals surface area contributed by atoms with Crippen molar-refractivity contribution in [2.24, 2.45) is 0 Å². The van der Waals surface area contributed by atoms with Crippen molar-refractivity contribution in [3.63, 3.8) is 0 Å². The molecule has 0 aliphatic rings. The summed E-state index contributed by atoms with van der Waals surface area (Å²) < 4.78 is 0. The van der Waals surface area contributed by atoms with Gasteiger partial charge in [-0.05, 0) is 17.7 Å². The monoisotopic (exact) mass is 259 g/mol. The molecule has 0 saturated carbocycles. The number of benzene rings is 1. The van der Waals surface area contributed by atoms with Gasteiger partial charge in [-0.1, -0.05) is 24.3 Å². The number of hydrogen-bond acceptors (Lipinski definition) is 3. The van der Waals surface area contributed by atoms with Crippen molar-refractivity contribution >= 4 is 23.5 Å². The van der Waals surface area contributed by atoms with E-state index in [1.54, 1.807) is 23.5 Å². The molecule has 2 aromatic rings. The predicted molar refractivity (Wildman–Crippen MR) is 72.7 cm³/mol. The molecule has 0 spiro atoms. The second kappa shape index (κ2) is 5.60. The number of amides is 1. The first-order chi connectivity index (χ1) is 8.69. The van der Waals surface area contributed by atoms with Crippen molar-refractivity contribution < 1.29 is 9.59 Å². The number of carbonyl (C=O) groups excluding carboxylic acids is 2. The van der Waals surface area contributed by atoms with E-state index >= 15 is 0 Å². The molecule has 92 valence electrons. The van der Waals surface area contributed by atoms with Gasteiger partial charge in [0.05, 0.1) is 6.54 Å². The van der Waals surface area contributed by atoms with E-state index in [1.807, 2.05) is 24.3 Å². The average molecular weight is 259 g/mol. The van der Waals surface area contributed by atoms with Crippen LogP contribution in [0.15, 0.2) is 36.4 Å². The highest BCUT2D eigenvalue weighted by Crippen LogP contribution is 2.28. The fourth-order valence-electron chi connectivity index (χ4n) is 1.57. The molecule has 0 saturated heterocycles. The molecule has 18 heavy (non-hydrogen) atoms. The molecule has 1 aromatic heterocycles. The second-order valence-electron chi connectivity index (χ2n) is 3.92. The SMILES string of the molecule is CC(=O)NCc1ccc(-c2ccc(C=O)cc2)s1. The zero-order chi connectivity index (χ0) is 13.0. The molecular weight excluding hydrogens is 246 g/mol. The van der Waals surface area contributed by atoms with Gasteiger partial charge in [0, 0.05) is 22.2 Å². The molecule has 0 aliphatic heterocycles. The number of thiophene rings is 1. The number of carbonyl (C=O) groups is 2. The number of nitrogens with one attached hydrogen (secondary N) is 1. The molecule has 1 amide bonds. The minimum absolute atomic E-state index is 0.0275. The van der Waals surface area contributed by atoms with Gasteiger partial charge in [0.1, 0.15) is 6.29 Å². The maximum Gasteiger partial charge on any atom is 0.217 e. The number of hydrogen-bond donors (Lipinski definition) is 1. The Morgan fingerprint density at radius 2 is 1.94 bits per heavy atom. The molecule has 0 radical (unpaired) electrons. The summed E-state index contributed by atoms with van der Waals surface area (Å²) in [5.74, 6) is -0.0275. The first-order valence-corrected chi connectivity index (χ1v) is 6.39. The van der Waals surface area contributed by atoms with Crippen LogP contribution in [-0.2, 0) is 11.3 Å². The Bertz CT molecular complexity index is 557. The summed E-state index contributed by atoms with van der Waals surface area (Å²) in [6.45, 7) is 2.07. The molecule has 0 unspecified atom stereocenters. The van der Waals surface area contributed by atoms with Gasteiger partial charge in [0.15, 0.2) is 0 Å². The molecule has 1 heterocycles. The smallest absolute Gasteiger partial charge is 0.217 e. The van der Waals surface area contributed by atoms with Crippen LogP contribution in [0.5, 0.6) is 0 Å². The molecule has 3 nitrogen and oxygen atoms in total. The molecule has 0 fully saturated rings. The van der Waals surface area contributed by atoms with Gasteiger partial charge in [-0.25, -0.2) is 0 Å². The summed E-state index contributed by atoms with van der Waals surface area (Å²) in [7, 11) is 0. The van der Waals surface area contributed by atoms with E-state index in [1.165, 1.54) is 6.92 Å². The van der Waals surface area contributed by atoms with Crippen molar-refractivity contribution in [1.29, 1.82) is 0 Å². The first kappa shape index (κ1) is 12.5. The minimum atomic E-state index is -0.0275. The van der Waals surface area contributed by atoms with Gasteiger partial charge in [-0.2, -0.15) is 0 Å². The van der Waals surface area contributed by atoms with Crippen molar-refractivity contribution in [2.45, 2.75) is 13.5 Å². The predicted octanol–water partition coefficient (Wildman–Crippen LogP) is 2.86. The van der Waals surface area contributed by atoms with Crippen LogP contribution >= 0.6 is 11.3 Å². The highest BCUT2D eigenvalue weighted by molar-refractivity contribution is 7.15. The van der Waals surface area contributed by atoms with Crippen LogP contribution in [0.3, 0.4) is 0 Å². The normalized spacial score (nSPS) is 10.1. The van der Waals surface area contributed by atoms with Crippen LogP contribution in [-0.4, -0.2) is 12.2 Å². The van der Waals surface area contributed by atoms with Crippen LogP contribution in [0.1, 0.15) is 22.2 Å². The van der Waals surface area contributed by atoms with Crippen molar-refractivity contribution in [1.82, 2.24) is 5.32 Å². The van der Waals surface area contributed by atoms with Crippen LogP contribution in [0.4, 0.5) is 0 Å². The van der Waals surface area contributed by atoms with E-state index < -0.39 is 0 Å². The Balaban J connectivity index is 2.13. The minimum Gasteiger partial charge on any atom is -0.351 e. The summed E-state index contributed by atoms with van der Waals surface area (Å²) in [5, 5.41) is 2.77. The Labute approximate surface area is 109 Å². The van der Waals surface area contributed by atoms with Crippen LogP contribution in [0.2, 0.25) is 0 Å². The largest absolute Gasteiger partial charge is 0.351 e. The van der Waals surface area contributed by atoms with Gasteiger partial charge >= 0.3 is 0 Å². The van der Waals surface area contributed by atoms with Crippen molar-refractivity contribution in [3.8, 4) is 10.4 Å². The van der Waals surface area contributed by atoms with Crippen molar-refractivity contribution in [3.05, 3.63) is 46.8 Å². The fourth-order valence-corrected chi connectivity index (χ4v) is 2.52. The maximum absolute atomic E-state index is 10.8. The maximum atomic E-state index is 10.8. The lowest BCUT2D eigenvalue weighted by Crippen LogP contribution is -2.17. The second-order valence-corrected chi connectivity index (χ2v) is 5.08. The summed E-state index contributed by atoms with van der Waals surface area (Å²) in [6.07, 6.45) is 0.834. The van der Waals surface area contributed by atoms with E-state index in [4.69, 9.17) is 0 Å². The quantitative estimate of drug-likeness (QED) is 0.858. The third-order valence-electron chi connectivity index (χ3n) is 2.50. The summed E-state index contributed by atoms with van der Waals surface area (Å²) >= 11 is 1.64. The topological polar surface area (TPSA) is 46.2 Å². The molecule has 4 heteroatoms. The Morgan fingerprint density at radius 1 is 1.22 bits per heavy atom. The molecule has 2 rings (SSSR count). The highest BCUT2D eigenvalue weighted by atomic mass is 32.1. The summed E-state index contributed by atoms with van der Waals surface area (Å²) in [4.78, 5) is 23.6. The van der Waals surface area contributed by atoms with Crippen LogP contribution < -0.4 is 5.32 Å². The molecule has 0 bridgehead atoms. The Hall–Kier alpha value is -1.94. The van der Waals surface area contributed by atoms with Gasteiger partial charge in [0.2, 0.25) is 5.91 Å². The first-order valence-electron chi connectivity index (χ1n) is 5.58. The molecule has 1 aromatic carbocycles. The summed E-state index contributed by atoms with van der Waals surface area (Å²) in [6, 6.07) is 11.5. The highest BCUT2D eigenvalue weighted by Gasteiger charge is 2.03. The third kappa shape index (κ3) is 3.05. The van der Waals surface area contributed by atoms with Gasteiger partial charge in [-0.15, -0.1) is 11.3 Å². The lowest BCUT2D eigenvalue weighted by Gasteiger charge is -1.99. The van der Waals surface area contributed by atoms with Gasteiger partial charge in [-0.3, -0.25) is 9.59 Å². The molecule has 0 aliphatic carbocycles. The van der Waals surface area contributed by atoms with Gasteiger partial charge < -0.3 is 5.32 Å². The lowest BCUT2D eigenvalue weighted by molar-refractivity contribution is -0.119. The zero-order valence-corrected chi connectivity index (χ0v) is 10.8. The number of rotatable bonds is 4. The van der Waals surface area contributed by atoms with E-state index in [9.17, 15) is 9.59 Å². The van der Waals surface area contributed by atoms with Crippen molar-refractivity contribution in [2.75, 3.05) is 0 Å². The standard InChI is InChI=1S/C14H13NO2S/c1-10(17)15-8-13-6-7-14(18-13)12-4-2-11(9-16)3-5-12/h2-7,9H,8H2,1H3,(H,15,17). The Morgan fingerprint density at radius 3 is 2.56 bits per heavy atom. The Kier molecular flexibility index (Phi) is 3.89. The van der Waals surface area contributed by atoms with E-state index in [0.29, 0.717) is 12.1 Å². The fraction of sp³-hybridized carbons (Fsp3) is 0.143. The summed E-state index contributed by atoms with van der Waals surface area (Å²) in [5.41, 5.74) is 1.76. The van der Waals surface area contributed by atoms with Crippen LogP contribution in [0.25, 0.3) is 10.4 Å². The van der Waals surface area contributed by atoms with E-state index in [-0.39, 0.29) is 5.91 Å². The van der Waals surface area contributed by atoms with Crippen LogP contribution in [0, 0.1) is 0 Å². The van der Waals surface area contributed by atoms with Gasteiger partial charge in [0.25, 0.3) is 0 Å². The third-order valence-corrected chi connectivity index (χ3v) is 3.64. The van der Waals surface area contributed by atoms with E-state index in [2.05, 4.69) is 5.32 Å². The number of aldehydes is 1. The molecule has 1 N–H and O–H groups in total. The molecular formula is C14H13NO2S. The average Bonchev–Trinajstić information content (AvgIpc) is 2.85.